The molecule has 2 aromatic carbocycles. The van der Waals surface area contributed by atoms with Crippen LogP contribution in [0.5, 0.6) is 0 Å². The molecule has 0 saturated carbocycles. The molecule has 0 fully saturated rings. The Balaban J connectivity index is 2.04. The number of anilines is 2. The number of benzene rings is 2. The Bertz CT molecular complexity index is 911. The molecule has 7 heteroatoms. The lowest BCUT2D eigenvalue weighted by atomic mass is 10.1. The van der Waals surface area contributed by atoms with E-state index in [9.17, 15) is 13.2 Å². The third-order valence-corrected chi connectivity index (χ3v) is 6.16. The third kappa shape index (κ3) is 6.01. The minimum Gasteiger partial charge on any atom is -0.325 e. The van der Waals surface area contributed by atoms with Crippen molar-refractivity contribution < 1.29 is 13.2 Å². The molecule has 0 aliphatic heterocycles. The summed E-state index contributed by atoms with van der Waals surface area (Å²) in [6.45, 7) is 4.08. The fourth-order valence-corrected chi connectivity index (χ4v) is 4.37. The number of carbonyl (C=O) groups excluding carboxylic acids is 1. The fourth-order valence-electron chi connectivity index (χ4n) is 2.80. The van der Waals surface area contributed by atoms with Gasteiger partial charge in [0, 0.05) is 17.9 Å². The van der Waals surface area contributed by atoms with Gasteiger partial charge in [-0.15, -0.1) is 11.8 Å². The molecule has 0 bridgehead atoms. The van der Waals surface area contributed by atoms with Crippen LogP contribution in [0.2, 0.25) is 0 Å². The Labute approximate surface area is 166 Å². The number of thioether (sulfide) groups is 1. The van der Waals surface area contributed by atoms with Gasteiger partial charge in [-0.25, -0.2) is 8.42 Å². The van der Waals surface area contributed by atoms with E-state index < -0.39 is 10.0 Å². The highest BCUT2D eigenvalue weighted by atomic mass is 32.2. The molecule has 0 aliphatic rings. The van der Waals surface area contributed by atoms with Crippen LogP contribution in [-0.2, 0) is 14.8 Å². The van der Waals surface area contributed by atoms with Crippen molar-refractivity contribution in [2.45, 2.75) is 31.6 Å². The van der Waals surface area contributed by atoms with Crippen LogP contribution < -0.4 is 9.62 Å². The van der Waals surface area contributed by atoms with Gasteiger partial charge in [0.25, 0.3) is 0 Å². The lowest BCUT2D eigenvalue weighted by Crippen LogP contribution is -2.32. The molecule has 27 heavy (non-hydrogen) atoms. The molecule has 0 heterocycles. The third-order valence-electron chi connectivity index (χ3n) is 4.18. The van der Waals surface area contributed by atoms with E-state index in [0.29, 0.717) is 12.1 Å². The summed E-state index contributed by atoms with van der Waals surface area (Å²) < 4.78 is 25.9. The number of hydrogen-bond acceptors (Lipinski definition) is 4. The van der Waals surface area contributed by atoms with Gasteiger partial charge < -0.3 is 5.32 Å². The summed E-state index contributed by atoms with van der Waals surface area (Å²) in [6.07, 6.45) is 3.84. The van der Waals surface area contributed by atoms with E-state index in [-0.39, 0.29) is 18.9 Å². The second-order valence-electron chi connectivity index (χ2n) is 6.48. The molecule has 0 atom stereocenters. The van der Waals surface area contributed by atoms with Crippen molar-refractivity contribution in [3.63, 3.8) is 0 Å². The van der Waals surface area contributed by atoms with Crippen LogP contribution >= 0.6 is 11.8 Å². The molecule has 0 aliphatic carbocycles. The smallest absolute Gasteiger partial charge is 0.232 e. The van der Waals surface area contributed by atoms with E-state index in [0.717, 1.165) is 21.7 Å². The van der Waals surface area contributed by atoms with Gasteiger partial charge in [-0.1, -0.05) is 24.3 Å². The average Bonchev–Trinajstić information content (AvgIpc) is 2.60. The first kappa shape index (κ1) is 21.3. The Morgan fingerprint density at radius 1 is 1.15 bits per heavy atom. The molecule has 2 rings (SSSR count). The molecular formula is C20H26N2O3S2. The molecule has 1 N–H and O–H groups in total. The van der Waals surface area contributed by atoms with Gasteiger partial charge in [0.2, 0.25) is 15.9 Å². The lowest BCUT2D eigenvalue weighted by Gasteiger charge is -2.24. The van der Waals surface area contributed by atoms with Crippen LogP contribution in [-0.4, -0.2) is 33.4 Å². The Morgan fingerprint density at radius 3 is 2.52 bits per heavy atom. The fraction of sp³-hybridized carbons (Fsp3) is 0.350. The minimum absolute atomic E-state index is 0.120. The summed E-state index contributed by atoms with van der Waals surface area (Å²) in [5.74, 6) is -0.120. The van der Waals surface area contributed by atoms with E-state index in [1.165, 1.54) is 10.6 Å². The molecule has 0 radical (unpaired) electrons. The van der Waals surface area contributed by atoms with Crippen LogP contribution in [0.3, 0.4) is 0 Å². The largest absolute Gasteiger partial charge is 0.325 e. The second-order valence-corrected chi connectivity index (χ2v) is 9.23. The molecule has 146 valence electrons. The quantitative estimate of drug-likeness (QED) is 0.667. The standard InChI is InChI=1S/C20H26N2O3S2/c1-15-11-12-16(2)18(14-15)22(27(4,24)25)13-7-10-20(23)21-17-8-5-6-9-19(17)26-3/h5-6,8-9,11-12,14H,7,10,13H2,1-4H3,(H,21,23). The maximum Gasteiger partial charge on any atom is 0.232 e. The first-order valence-corrected chi connectivity index (χ1v) is 11.8. The highest BCUT2D eigenvalue weighted by molar-refractivity contribution is 7.98. The molecule has 0 saturated heterocycles. The van der Waals surface area contributed by atoms with Gasteiger partial charge in [0.05, 0.1) is 17.6 Å². The zero-order chi connectivity index (χ0) is 20.0. The zero-order valence-corrected chi connectivity index (χ0v) is 17.8. The summed E-state index contributed by atoms with van der Waals surface area (Å²) in [6, 6.07) is 13.3. The number of para-hydroxylation sites is 1. The predicted molar refractivity (Wildman–Crippen MR) is 114 cm³/mol. The summed E-state index contributed by atoms with van der Waals surface area (Å²) in [7, 11) is -3.43. The Hall–Kier alpha value is -1.99. The number of nitrogens with zero attached hydrogens (tertiary/aromatic N) is 1. The molecule has 0 unspecified atom stereocenters. The average molecular weight is 407 g/mol. The summed E-state index contributed by atoms with van der Waals surface area (Å²) >= 11 is 1.57. The van der Waals surface area contributed by atoms with Crippen molar-refractivity contribution in [3.8, 4) is 0 Å². The second kappa shape index (κ2) is 9.28. The van der Waals surface area contributed by atoms with Gasteiger partial charge in [-0.3, -0.25) is 9.10 Å². The van der Waals surface area contributed by atoms with Crippen LogP contribution in [0.15, 0.2) is 47.4 Å². The van der Waals surface area contributed by atoms with Crippen molar-refractivity contribution in [2.24, 2.45) is 0 Å². The van der Waals surface area contributed by atoms with Crippen molar-refractivity contribution in [2.75, 3.05) is 28.7 Å². The van der Waals surface area contributed by atoms with E-state index >= 15 is 0 Å². The predicted octanol–water partition coefficient (Wildman–Crippen LogP) is 4.21. The lowest BCUT2D eigenvalue weighted by molar-refractivity contribution is -0.116. The molecular weight excluding hydrogens is 380 g/mol. The minimum atomic E-state index is -3.43. The number of rotatable bonds is 8. The number of carbonyl (C=O) groups is 1. The summed E-state index contributed by atoms with van der Waals surface area (Å²) in [4.78, 5) is 13.3. The van der Waals surface area contributed by atoms with Crippen LogP contribution in [0.1, 0.15) is 24.0 Å². The van der Waals surface area contributed by atoms with Gasteiger partial charge in [0.1, 0.15) is 0 Å². The SMILES string of the molecule is CSc1ccccc1NC(=O)CCCN(c1cc(C)ccc1C)S(C)(=O)=O. The van der Waals surface area contributed by atoms with E-state index in [4.69, 9.17) is 0 Å². The normalized spacial score (nSPS) is 11.3. The van der Waals surface area contributed by atoms with Crippen LogP contribution in [0.25, 0.3) is 0 Å². The van der Waals surface area contributed by atoms with Gasteiger partial charge in [-0.2, -0.15) is 0 Å². The first-order valence-electron chi connectivity index (χ1n) is 8.70. The molecule has 0 spiro atoms. The number of amides is 1. The molecule has 0 aromatic heterocycles. The highest BCUT2D eigenvalue weighted by Gasteiger charge is 2.19. The van der Waals surface area contributed by atoms with Crippen molar-refractivity contribution in [3.05, 3.63) is 53.6 Å². The maximum atomic E-state index is 12.3. The number of aryl methyl sites for hydroxylation is 2. The summed E-state index contributed by atoms with van der Waals surface area (Å²) in [5, 5.41) is 2.91. The van der Waals surface area contributed by atoms with E-state index in [2.05, 4.69) is 5.32 Å². The monoisotopic (exact) mass is 406 g/mol. The zero-order valence-electron chi connectivity index (χ0n) is 16.2. The number of nitrogens with one attached hydrogen (secondary N) is 1. The van der Waals surface area contributed by atoms with E-state index in [1.807, 2.05) is 62.6 Å². The highest BCUT2D eigenvalue weighted by Crippen LogP contribution is 2.26. The topological polar surface area (TPSA) is 66.5 Å². The van der Waals surface area contributed by atoms with Gasteiger partial charge >= 0.3 is 0 Å². The Morgan fingerprint density at radius 2 is 1.85 bits per heavy atom. The molecule has 2 aromatic rings. The van der Waals surface area contributed by atoms with Crippen LogP contribution in [0.4, 0.5) is 11.4 Å². The van der Waals surface area contributed by atoms with Gasteiger partial charge in [-0.05, 0) is 55.9 Å². The molecule has 5 nitrogen and oxygen atoms in total. The summed E-state index contributed by atoms with van der Waals surface area (Å²) in [5.41, 5.74) is 3.34. The molecule has 1 amide bonds. The maximum absolute atomic E-state index is 12.3. The van der Waals surface area contributed by atoms with Crippen molar-refractivity contribution in [1.82, 2.24) is 0 Å². The number of sulfonamides is 1. The Kier molecular flexibility index (Phi) is 7.33. The van der Waals surface area contributed by atoms with E-state index in [1.54, 1.807) is 11.8 Å². The van der Waals surface area contributed by atoms with Crippen molar-refractivity contribution >= 4 is 39.1 Å². The van der Waals surface area contributed by atoms with Crippen molar-refractivity contribution in [1.29, 1.82) is 0 Å². The number of hydrogen-bond donors (Lipinski definition) is 1. The van der Waals surface area contributed by atoms with Gasteiger partial charge in [0.15, 0.2) is 0 Å². The van der Waals surface area contributed by atoms with Crippen LogP contribution in [0, 0.1) is 13.8 Å². The first-order chi connectivity index (χ1) is 12.7.